The molecule has 0 aromatic heterocycles. The second kappa shape index (κ2) is 10.1. The zero-order valence-corrected chi connectivity index (χ0v) is 19.5. The highest BCUT2D eigenvalue weighted by Crippen LogP contribution is 2.44. The SMILES string of the molecule is O=C(O)C[C@@H]1CCCN1C(=O)C1COC(CNC(=O)OCC2c3ccccc3-c3ccccc32)C1. The van der Waals surface area contributed by atoms with Crippen molar-refractivity contribution in [2.75, 3.05) is 26.3 Å². The van der Waals surface area contributed by atoms with E-state index < -0.39 is 12.1 Å². The van der Waals surface area contributed by atoms with Crippen LogP contribution in [0.3, 0.4) is 0 Å². The van der Waals surface area contributed by atoms with Gasteiger partial charge in [-0.15, -0.1) is 0 Å². The molecule has 2 fully saturated rings. The number of carbonyl (C=O) groups excluding carboxylic acids is 2. The van der Waals surface area contributed by atoms with Gasteiger partial charge in [-0.3, -0.25) is 9.59 Å². The normalized spacial score (nSPS) is 23.1. The van der Waals surface area contributed by atoms with Gasteiger partial charge in [0.15, 0.2) is 0 Å². The maximum absolute atomic E-state index is 12.9. The molecule has 2 unspecified atom stereocenters. The van der Waals surface area contributed by atoms with Crippen molar-refractivity contribution >= 4 is 18.0 Å². The lowest BCUT2D eigenvalue weighted by atomic mass is 9.98. The topological polar surface area (TPSA) is 105 Å². The summed E-state index contributed by atoms with van der Waals surface area (Å²) in [5.74, 6) is -1.24. The van der Waals surface area contributed by atoms with Gasteiger partial charge in [0, 0.05) is 25.0 Å². The number of ether oxygens (including phenoxy) is 2. The Hall–Kier alpha value is -3.39. The van der Waals surface area contributed by atoms with Crippen molar-refractivity contribution in [3.63, 3.8) is 0 Å². The van der Waals surface area contributed by atoms with Crippen LogP contribution in [0.1, 0.15) is 42.7 Å². The summed E-state index contributed by atoms with van der Waals surface area (Å²) in [6, 6.07) is 16.1. The number of carboxylic acids is 1. The van der Waals surface area contributed by atoms with Crippen molar-refractivity contribution in [1.82, 2.24) is 10.2 Å². The van der Waals surface area contributed by atoms with E-state index in [-0.39, 0.29) is 56.1 Å². The molecule has 0 radical (unpaired) electrons. The van der Waals surface area contributed by atoms with E-state index in [0.29, 0.717) is 13.0 Å². The second-order valence-electron chi connectivity index (χ2n) is 9.52. The number of hydrogen-bond acceptors (Lipinski definition) is 5. The number of carbonyl (C=O) groups is 3. The van der Waals surface area contributed by atoms with Crippen LogP contribution in [0.15, 0.2) is 48.5 Å². The fourth-order valence-corrected chi connectivity index (χ4v) is 5.64. The predicted octanol–water partition coefficient (Wildman–Crippen LogP) is 3.40. The molecule has 2 amide bonds. The van der Waals surface area contributed by atoms with Crippen molar-refractivity contribution in [2.45, 2.75) is 43.7 Å². The largest absolute Gasteiger partial charge is 0.481 e. The van der Waals surface area contributed by atoms with Crippen molar-refractivity contribution in [2.24, 2.45) is 5.92 Å². The minimum atomic E-state index is -0.887. The minimum Gasteiger partial charge on any atom is -0.481 e. The van der Waals surface area contributed by atoms with Crippen LogP contribution in [0.4, 0.5) is 4.79 Å². The van der Waals surface area contributed by atoms with Crippen LogP contribution in [0.5, 0.6) is 0 Å². The van der Waals surface area contributed by atoms with Gasteiger partial charge in [-0.2, -0.15) is 0 Å². The first kappa shape index (κ1) is 23.4. The molecule has 5 rings (SSSR count). The maximum atomic E-state index is 12.9. The van der Waals surface area contributed by atoms with Crippen molar-refractivity contribution in [3.8, 4) is 11.1 Å². The van der Waals surface area contributed by atoms with Gasteiger partial charge in [-0.1, -0.05) is 48.5 Å². The Morgan fingerprint density at radius 2 is 1.74 bits per heavy atom. The van der Waals surface area contributed by atoms with E-state index in [9.17, 15) is 14.4 Å². The molecule has 2 heterocycles. The molecule has 8 heteroatoms. The summed E-state index contributed by atoms with van der Waals surface area (Å²) in [5, 5.41) is 11.9. The first-order valence-corrected chi connectivity index (χ1v) is 12.2. The Morgan fingerprint density at radius 3 is 2.43 bits per heavy atom. The van der Waals surface area contributed by atoms with Gasteiger partial charge in [0.2, 0.25) is 5.91 Å². The Balaban J connectivity index is 1.10. The van der Waals surface area contributed by atoms with Crippen LogP contribution in [0.25, 0.3) is 11.1 Å². The summed E-state index contributed by atoms with van der Waals surface area (Å²) in [6.07, 6.45) is 1.24. The lowest BCUT2D eigenvalue weighted by molar-refractivity contribution is -0.141. The van der Waals surface area contributed by atoms with Crippen LogP contribution in [0, 0.1) is 5.92 Å². The highest BCUT2D eigenvalue weighted by atomic mass is 16.5. The molecule has 2 aromatic carbocycles. The first-order chi connectivity index (χ1) is 17.0. The monoisotopic (exact) mass is 478 g/mol. The van der Waals surface area contributed by atoms with E-state index in [4.69, 9.17) is 14.6 Å². The smallest absolute Gasteiger partial charge is 0.407 e. The van der Waals surface area contributed by atoms with Gasteiger partial charge in [0.1, 0.15) is 6.61 Å². The highest BCUT2D eigenvalue weighted by molar-refractivity contribution is 5.81. The number of likely N-dealkylation sites (tertiary alicyclic amines) is 1. The van der Waals surface area contributed by atoms with Crippen molar-refractivity contribution in [1.29, 1.82) is 0 Å². The number of hydrogen-bond donors (Lipinski definition) is 2. The van der Waals surface area contributed by atoms with Crippen molar-refractivity contribution < 1.29 is 29.0 Å². The Morgan fingerprint density at radius 1 is 1.06 bits per heavy atom. The lowest BCUT2D eigenvalue weighted by Crippen LogP contribution is -2.41. The number of rotatable bonds is 7. The molecule has 3 atom stereocenters. The number of nitrogens with one attached hydrogen (secondary N) is 1. The first-order valence-electron chi connectivity index (χ1n) is 12.2. The minimum absolute atomic E-state index is 0.00269. The van der Waals surface area contributed by atoms with Crippen LogP contribution in [-0.2, 0) is 19.1 Å². The fourth-order valence-electron chi connectivity index (χ4n) is 5.64. The van der Waals surface area contributed by atoms with Gasteiger partial charge in [0.25, 0.3) is 0 Å². The molecular weight excluding hydrogens is 448 g/mol. The summed E-state index contributed by atoms with van der Waals surface area (Å²) in [5.41, 5.74) is 4.67. The van der Waals surface area contributed by atoms with Gasteiger partial charge in [-0.05, 0) is 41.5 Å². The second-order valence-corrected chi connectivity index (χ2v) is 9.52. The third-order valence-corrected chi connectivity index (χ3v) is 7.32. The summed E-state index contributed by atoms with van der Waals surface area (Å²) in [6.45, 7) is 1.38. The molecule has 0 bridgehead atoms. The molecule has 0 saturated carbocycles. The summed E-state index contributed by atoms with van der Waals surface area (Å²) >= 11 is 0. The van der Waals surface area contributed by atoms with Crippen LogP contribution in [-0.4, -0.2) is 66.4 Å². The van der Waals surface area contributed by atoms with E-state index in [0.717, 1.165) is 24.0 Å². The summed E-state index contributed by atoms with van der Waals surface area (Å²) in [7, 11) is 0. The van der Waals surface area contributed by atoms with Crippen LogP contribution < -0.4 is 5.32 Å². The predicted molar refractivity (Wildman–Crippen MR) is 128 cm³/mol. The van der Waals surface area contributed by atoms with Gasteiger partial charge >= 0.3 is 12.1 Å². The third kappa shape index (κ3) is 4.89. The van der Waals surface area contributed by atoms with E-state index in [1.165, 1.54) is 11.1 Å². The average molecular weight is 479 g/mol. The number of amides is 2. The van der Waals surface area contributed by atoms with Crippen LogP contribution in [0.2, 0.25) is 0 Å². The molecule has 2 aliphatic heterocycles. The summed E-state index contributed by atoms with van der Waals surface area (Å²) in [4.78, 5) is 38.1. The average Bonchev–Trinajstić information content (AvgIpc) is 3.59. The molecule has 3 aliphatic rings. The van der Waals surface area contributed by atoms with Crippen molar-refractivity contribution in [3.05, 3.63) is 59.7 Å². The van der Waals surface area contributed by atoms with Gasteiger partial charge in [-0.25, -0.2) is 4.79 Å². The Bertz CT molecular complexity index is 1070. The zero-order valence-electron chi connectivity index (χ0n) is 19.5. The number of fused-ring (bicyclic) bond motifs is 3. The standard InChI is InChI=1S/C27H30N2O6/c30-25(31)13-18-6-5-11-29(18)26(32)17-12-19(34-15-17)14-28-27(33)35-16-24-22-9-3-1-7-20(22)21-8-2-4-10-23(21)24/h1-4,7-10,17-19,24H,5-6,11-16H2,(H,28,33)(H,30,31)/t17?,18-,19?/m0/s1. The van der Waals surface area contributed by atoms with E-state index in [1.807, 2.05) is 24.3 Å². The molecule has 2 saturated heterocycles. The molecule has 8 nitrogen and oxygen atoms in total. The maximum Gasteiger partial charge on any atom is 0.407 e. The van der Waals surface area contributed by atoms with E-state index in [2.05, 4.69) is 29.6 Å². The number of alkyl carbamates (subject to hydrolysis) is 1. The molecule has 0 spiro atoms. The van der Waals surface area contributed by atoms with Crippen LogP contribution >= 0.6 is 0 Å². The Labute approximate surface area is 204 Å². The summed E-state index contributed by atoms with van der Waals surface area (Å²) < 4.78 is 11.3. The number of carboxylic acid groups (broad SMARTS) is 1. The fraction of sp³-hybridized carbons (Fsp3) is 0.444. The quantitative estimate of drug-likeness (QED) is 0.632. The van der Waals surface area contributed by atoms with Gasteiger partial charge in [0.05, 0.1) is 25.0 Å². The molecule has 1 aliphatic carbocycles. The Kier molecular flexibility index (Phi) is 6.72. The third-order valence-electron chi connectivity index (χ3n) is 7.32. The zero-order chi connectivity index (χ0) is 24.4. The molecule has 2 N–H and O–H groups in total. The molecule has 184 valence electrons. The highest BCUT2D eigenvalue weighted by Gasteiger charge is 2.38. The molecule has 2 aromatic rings. The van der Waals surface area contributed by atoms with E-state index in [1.54, 1.807) is 4.90 Å². The number of aliphatic carboxylic acids is 1. The number of benzene rings is 2. The van der Waals surface area contributed by atoms with Gasteiger partial charge < -0.3 is 24.8 Å². The molecular formula is C27H30N2O6. The van der Waals surface area contributed by atoms with E-state index >= 15 is 0 Å². The molecule has 35 heavy (non-hydrogen) atoms. The lowest BCUT2D eigenvalue weighted by Gasteiger charge is -2.26. The number of nitrogens with zero attached hydrogens (tertiary/aromatic N) is 1.